The molecular weight excluding hydrogens is 228 g/mol. The van der Waals surface area contributed by atoms with Crippen molar-refractivity contribution in [2.45, 2.75) is 19.4 Å². The summed E-state index contributed by atoms with van der Waals surface area (Å²) in [6, 6.07) is 6.61. The molecule has 0 fully saturated rings. The van der Waals surface area contributed by atoms with E-state index >= 15 is 0 Å². The topological polar surface area (TPSA) is 38.3 Å². The fourth-order valence-corrected chi connectivity index (χ4v) is 1.30. The van der Waals surface area contributed by atoms with Crippen LogP contribution in [0.1, 0.15) is 22.8 Å². The van der Waals surface area contributed by atoms with Crippen molar-refractivity contribution in [3.05, 3.63) is 35.4 Å². The van der Waals surface area contributed by atoms with Crippen LogP contribution in [0.15, 0.2) is 24.3 Å². The molecule has 0 aliphatic rings. The molecule has 3 nitrogen and oxygen atoms in total. The number of hydrogen-bond donors (Lipinski definition) is 1. The molecule has 0 aromatic heterocycles. The smallest absolute Gasteiger partial charge is 0.337 e. The fraction of sp³-hybridized carbons (Fsp3) is 0.417. The third-order valence-electron chi connectivity index (χ3n) is 2.14. The van der Waals surface area contributed by atoms with Gasteiger partial charge in [0, 0.05) is 13.5 Å². The first kappa shape index (κ1) is 13.6. The summed E-state index contributed by atoms with van der Waals surface area (Å²) >= 11 is 0. The molecule has 0 bridgehead atoms. The van der Waals surface area contributed by atoms with E-state index in [4.69, 9.17) is 0 Å². The minimum Gasteiger partial charge on any atom is -0.465 e. The molecule has 0 atom stereocenters. The summed E-state index contributed by atoms with van der Waals surface area (Å²) in [5.41, 5.74) is 1.28. The normalized spacial score (nSPS) is 11.3. The van der Waals surface area contributed by atoms with E-state index in [1.165, 1.54) is 7.11 Å². The van der Waals surface area contributed by atoms with E-state index in [0.717, 1.165) is 12.5 Å². The van der Waals surface area contributed by atoms with Gasteiger partial charge in [0.1, 0.15) is 0 Å². The maximum Gasteiger partial charge on any atom is 0.337 e. The molecule has 1 aromatic rings. The average molecular weight is 243 g/mol. The molecule has 0 radical (unpaired) electrons. The molecule has 0 heterocycles. The number of ether oxygens (including phenoxy) is 1. The van der Waals surface area contributed by atoms with Crippen LogP contribution in [0.2, 0.25) is 0 Å². The Bertz CT molecular complexity index is 371. The molecule has 1 N–H and O–H groups in total. The maximum absolute atomic E-state index is 12.5. The van der Waals surface area contributed by atoms with Gasteiger partial charge in [0.15, 0.2) is 0 Å². The highest BCUT2D eigenvalue weighted by Gasteiger charge is 2.19. The Morgan fingerprint density at radius 3 is 2.41 bits per heavy atom. The SMILES string of the molecule is COC(=O)c1ccc(CNCC(C)(F)F)cc1. The number of nitrogens with one attached hydrogen (secondary N) is 1. The van der Waals surface area contributed by atoms with Crippen LogP contribution in [0.5, 0.6) is 0 Å². The van der Waals surface area contributed by atoms with Crippen LogP contribution in [-0.2, 0) is 11.3 Å². The molecule has 0 aliphatic carbocycles. The van der Waals surface area contributed by atoms with E-state index in [0.29, 0.717) is 12.1 Å². The summed E-state index contributed by atoms with van der Waals surface area (Å²) < 4.78 is 29.6. The van der Waals surface area contributed by atoms with Crippen molar-refractivity contribution >= 4 is 5.97 Å². The van der Waals surface area contributed by atoms with Gasteiger partial charge < -0.3 is 10.1 Å². The number of benzene rings is 1. The van der Waals surface area contributed by atoms with Gasteiger partial charge in [0.2, 0.25) is 0 Å². The van der Waals surface area contributed by atoms with Gasteiger partial charge in [0.25, 0.3) is 5.92 Å². The van der Waals surface area contributed by atoms with E-state index in [9.17, 15) is 13.6 Å². The molecule has 94 valence electrons. The predicted molar refractivity (Wildman–Crippen MR) is 60.1 cm³/mol. The Morgan fingerprint density at radius 2 is 1.94 bits per heavy atom. The highest BCUT2D eigenvalue weighted by Crippen LogP contribution is 2.10. The van der Waals surface area contributed by atoms with E-state index < -0.39 is 11.9 Å². The monoisotopic (exact) mass is 243 g/mol. The third kappa shape index (κ3) is 4.91. The second kappa shape index (κ2) is 5.72. The van der Waals surface area contributed by atoms with Crippen molar-refractivity contribution in [1.29, 1.82) is 0 Å². The van der Waals surface area contributed by atoms with Crippen LogP contribution in [-0.4, -0.2) is 25.5 Å². The summed E-state index contributed by atoms with van der Waals surface area (Å²) in [4.78, 5) is 11.1. The predicted octanol–water partition coefficient (Wildman–Crippen LogP) is 2.22. The van der Waals surface area contributed by atoms with Crippen molar-refractivity contribution < 1.29 is 18.3 Å². The van der Waals surface area contributed by atoms with Gasteiger partial charge in [-0.15, -0.1) is 0 Å². The molecule has 17 heavy (non-hydrogen) atoms. The summed E-state index contributed by atoms with van der Waals surface area (Å²) in [6.45, 7) is 0.830. The number of carbonyl (C=O) groups excluding carboxylic acids is 1. The molecule has 0 saturated heterocycles. The fourth-order valence-electron chi connectivity index (χ4n) is 1.30. The van der Waals surface area contributed by atoms with Gasteiger partial charge in [-0.3, -0.25) is 0 Å². The molecule has 1 aromatic carbocycles. The summed E-state index contributed by atoms with van der Waals surface area (Å²) in [5, 5.41) is 2.64. The zero-order valence-electron chi connectivity index (χ0n) is 9.80. The van der Waals surface area contributed by atoms with Crippen LogP contribution in [0.3, 0.4) is 0 Å². The Balaban J connectivity index is 2.49. The van der Waals surface area contributed by atoms with E-state index in [1.807, 2.05) is 0 Å². The molecule has 0 unspecified atom stereocenters. The number of alkyl halides is 2. The average Bonchev–Trinajstić information content (AvgIpc) is 2.27. The van der Waals surface area contributed by atoms with Gasteiger partial charge in [-0.2, -0.15) is 0 Å². The van der Waals surface area contributed by atoms with E-state index in [2.05, 4.69) is 10.1 Å². The summed E-state index contributed by atoms with van der Waals surface area (Å²) in [5.74, 6) is -3.13. The minimum absolute atomic E-state index is 0.338. The van der Waals surface area contributed by atoms with Crippen molar-refractivity contribution in [2.24, 2.45) is 0 Å². The lowest BCUT2D eigenvalue weighted by Crippen LogP contribution is -2.29. The van der Waals surface area contributed by atoms with Gasteiger partial charge in [-0.1, -0.05) is 12.1 Å². The van der Waals surface area contributed by atoms with Gasteiger partial charge in [0.05, 0.1) is 19.2 Å². The van der Waals surface area contributed by atoms with Crippen molar-refractivity contribution in [3.8, 4) is 0 Å². The molecule has 0 amide bonds. The zero-order valence-corrected chi connectivity index (χ0v) is 9.80. The molecule has 5 heteroatoms. The number of halogens is 2. The Kier molecular flexibility index (Phi) is 4.57. The minimum atomic E-state index is -2.72. The molecule has 0 saturated carbocycles. The second-order valence-corrected chi connectivity index (χ2v) is 3.86. The van der Waals surface area contributed by atoms with Gasteiger partial charge in [-0.05, 0) is 17.7 Å². The lowest BCUT2D eigenvalue weighted by molar-refractivity contribution is 0.0224. The Labute approximate surface area is 98.8 Å². The van der Waals surface area contributed by atoms with Crippen molar-refractivity contribution in [3.63, 3.8) is 0 Å². The quantitative estimate of drug-likeness (QED) is 0.806. The van der Waals surface area contributed by atoms with Crippen LogP contribution in [0, 0.1) is 0 Å². The van der Waals surface area contributed by atoms with Crippen molar-refractivity contribution in [1.82, 2.24) is 5.32 Å². The van der Waals surface area contributed by atoms with E-state index in [1.54, 1.807) is 24.3 Å². The Hall–Kier alpha value is -1.49. The Morgan fingerprint density at radius 1 is 1.35 bits per heavy atom. The molecule has 0 aliphatic heterocycles. The van der Waals surface area contributed by atoms with Crippen LogP contribution >= 0.6 is 0 Å². The van der Waals surface area contributed by atoms with Crippen LogP contribution in [0.4, 0.5) is 8.78 Å². The first-order valence-corrected chi connectivity index (χ1v) is 5.18. The van der Waals surface area contributed by atoms with Crippen molar-refractivity contribution in [2.75, 3.05) is 13.7 Å². The van der Waals surface area contributed by atoms with Gasteiger partial charge >= 0.3 is 5.97 Å². The molecule has 1 rings (SSSR count). The number of esters is 1. The molecular formula is C12H15F2NO2. The van der Waals surface area contributed by atoms with Crippen LogP contribution in [0.25, 0.3) is 0 Å². The zero-order chi connectivity index (χ0) is 12.9. The molecule has 0 spiro atoms. The highest BCUT2D eigenvalue weighted by molar-refractivity contribution is 5.89. The van der Waals surface area contributed by atoms with E-state index in [-0.39, 0.29) is 6.54 Å². The maximum atomic E-state index is 12.5. The first-order valence-electron chi connectivity index (χ1n) is 5.18. The largest absolute Gasteiger partial charge is 0.465 e. The lowest BCUT2D eigenvalue weighted by Gasteiger charge is -2.11. The summed E-state index contributed by atoms with van der Waals surface area (Å²) in [7, 11) is 1.31. The second-order valence-electron chi connectivity index (χ2n) is 3.86. The summed E-state index contributed by atoms with van der Waals surface area (Å²) in [6.07, 6.45) is 0. The standard InChI is InChI=1S/C12H15F2NO2/c1-12(13,14)8-15-7-9-3-5-10(6-4-9)11(16)17-2/h3-6,15H,7-8H2,1-2H3. The van der Waals surface area contributed by atoms with Crippen LogP contribution < -0.4 is 5.32 Å². The van der Waals surface area contributed by atoms with Gasteiger partial charge in [-0.25, -0.2) is 13.6 Å². The number of methoxy groups -OCH3 is 1. The number of rotatable bonds is 5. The number of hydrogen-bond acceptors (Lipinski definition) is 3. The lowest BCUT2D eigenvalue weighted by atomic mass is 10.1. The first-order chi connectivity index (χ1) is 7.92. The highest BCUT2D eigenvalue weighted by atomic mass is 19.3. The number of carbonyl (C=O) groups is 1. The third-order valence-corrected chi connectivity index (χ3v) is 2.14.